The first-order valence-electron chi connectivity index (χ1n) is 9.56. The van der Waals surface area contributed by atoms with Crippen molar-refractivity contribution in [2.75, 3.05) is 6.54 Å². The zero-order chi connectivity index (χ0) is 19.0. The highest BCUT2D eigenvalue weighted by Crippen LogP contribution is 2.59. The Balaban J connectivity index is 1.30. The Bertz CT molecular complexity index is 886. The van der Waals surface area contributed by atoms with Gasteiger partial charge in [-0.15, -0.1) is 5.10 Å². The van der Waals surface area contributed by atoms with Gasteiger partial charge in [-0.3, -0.25) is 4.79 Å². The molecule has 1 aromatic carbocycles. The average Bonchev–Trinajstić information content (AvgIpc) is 3.12. The second-order valence-corrected chi connectivity index (χ2v) is 8.22. The molecule has 0 spiro atoms. The van der Waals surface area contributed by atoms with Crippen LogP contribution in [0, 0.1) is 23.1 Å². The van der Waals surface area contributed by atoms with Crippen LogP contribution in [0.2, 0.25) is 0 Å². The number of amides is 1. The molecule has 6 heteroatoms. The van der Waals surface area contributed by atoms with E-state index in [9.17, 15) is 9.18 Å². The summed E-state index contributed by atoms with van der Waals surface area (Å²) in [6, 6.07) is 6.52. The third-order valence-corrected chi connectivity index (χ3v) is 6.34. The average molecular weight is 368 g/mol. The molecule has 1 saturated carbocycles. The summed E-state index contributed by atoms with van der Waals surface area (Å²) in [5.41, 5.74) is 2.66. The second kappa shape index (κ2) is 6.91. The fourth-order valence-corrected chi connectivity index (χ4v) is 4.45. The molecule has 2 aromatic rings. The van der Waals surface area contributed by atoms with Gasteiger partial charge in [0.05, 0.1) is 12.7 Å². The summed E-state index contributed by atoms with van der Waals surface area (Å²) >= 11 is 0. The number of aromatic nitrogens is 3. The number of carbonyl (C=O) groups is 1. The molecule has 1 fully saturated rings. The molecule has 142 valence electrons. The third-order valence-electron chi connectivity index (χ3n) is 6.34. The Labute approximate surface area is 158 Å². The van der Waals surface area contributed by atoms with Gasteiger partial charge in [0.25, 0.3) is 5.91 Å². The summed E-state index contributed by atoms with van der Waals surface area (Å²) in [6.07, 6.45) is 7.26. The standard InChI is InChI=1S/C21H25FN4O/c1-21(2)16-8-7-14(17(21)11-16)9-10-23-20(27)19-13-26(25-24-19)12-15-5-3-4-6-18(15)22/h3-7,13,16-17H,8-12H2,1-2H3,(H,23,27)/t16-,17-/m0/s1. The quantitative estimate of drug-likeness (QED) is 0.793. The summed E-state index contributed by atoms with van der Waals surface area (Å²) < 4.78 is 15.2. The predicted molar refractivity (Wildman–Crippen MR) is 101 cm³/mol. The van der Waals surface area contributed by atoms with Crippen LogP contribution in [0.3, 0.4) is 0 Å². The minimum Gasteiger partial charge on any atom is -0.350 e. The van der Waals surface area contributed by atoms with Gasteiger partial charge in [0.1, 0.15) is 5.82 Å². The lowest BCUT2D eigenvalue weighted by molar-refractivity contribution is -0.00811. The van der Waals surface area contributed by atoms with Gasteiger partial charge in [0, 0.05) is 12.1 Å². The van der Waals surface area contributed by atoms with Crippen LogP contribution < -0.4 is 5.32 Å². The fourth-order valence-electron chi connectivity index (χ4n) is 4.45. The maximum absolute atomic E-state index is 13.7. The smallest absolute Gasteiger partial charge is 0.273 e. The van der Waals surface area contributed by atoms with Crippen molar-refractivity contribution in [3.8, 4) is 0 Å². The van der Waals surface area contributed by atoms with Gasteiger partial charge in [-0.05, 0) is 42.6 Å². The van der Waals surface area contributed by atoms with Gasteiger partial charge >= 0.3 is 0 Å². The molecular formula is C21H25FN4O. The third kappa shape index (κ3) is 3.40. The number of hydrogen-bond donors (Lipinski definition) is 1. The fraction of sp³-hybridized carbons (Fsp3) is 0.476. The van der Waals surface area contributed by atoms with Crippen molar-refractivity contribution in [3.05, 3.63) is 59.2 Å². The van der Waals surface area contributed by atoms with Gasteiger partial charge in [-0.1, -0.05) is 48.9 Å². The van der Waals surface area contributed by atoms with Crippen molar-refractivity contribution in [1.29, 1.82) is 0 Å². The van der Waals surface area contributed by atoms with E-state index in [0.717, 1.165) is 18.8 Å². The molecule has 2 bridgehead atoms. The van der Waals surface area contributed by atoms with Crippen molar-refractivity contribution in [3.63, 3.8) is 0 Å². The van der Waals surface area contributed by atoms with Crippen molar-refractivity contribution in [2.24, 2.45) is 17.3 Å². The van der Waals surface area contributed by atoms with Gasteiger partial charge in [-0.2, -0.15) is 0 Å². The van der Waals surface area contributed by atoms with Gasteiger partial charge < -0.3 is 5.32 Å². The molecule has 5 rings (SSSR count). The highest BCUT2D eigenvalue weighted by atomic mass is 19.1. The molecule has 3 aliphatic rings. The number of hydrogen-bond acceptors (Lipinski definition) is 3. The molecule has 3 aliphatic carbocycles. The Morgan fingerprint density at radius 3 is 2.93 bits per heavy atom. The summed E-state index contributed by atoms with van der Waals surface area (Å²) in [6.45, 7) is 5.55. The number of halogens is 1. The minimum atomic E-state index is -0.291. The molecule has 1 amide bonds. The minimum absolute atomic E-state index is 0.239. The number of nitrogens with zero attached hydrogens (tertiary/aromatic N) is 3. The molecule has 0 radical (unpaired) electrons. The molecule has 1 heterocycles. The zero-order valence-corrected chi connectivity index (χ0v) is 15.8. The Morgan fingerprint density at radius 2 is 2.19 bits per heavy atom. The highest BCUT2D eigenvalue weighted by molar-refractivity contribution is 5.91. The van der Waals surface area contributed by atoms with Crippen LogP contribution in [-0.4, -0.2) is 27.4 Å². The Kier molecular flexibility index (Phi) is 4.58. The molecule has 0 aliphatic heterocycles. The largest absolute Gasteiger partial charge is 0.350 e. The number of carbonyl (C=O) groups excluding carboxylic acids is 1. The molecular weight excluding hydrogens is 343 g/mol. The maximum Gasteiger partial charge on any atom is 0.273 e. The van der Waals surface area contributed by atoms with E-state index >= 15 is 0 Å². The molecule has 27 heavy (non-hydrogen) atoms. The first-order valence-corrected chi connectivity index (χ1v) is 9.56. The Morgan fingerprint density at radius 1 is 1.37 bits per heavy atom. The van der Waals surface area contributed by atoms with E-state index in [4.69, 9.17) is 0 Å². The molecule has 5 nitrogen and oxygen atoms in total. The van der Waals surface area contributed by atoms with Gasteiger partial charge in [0.2, 0.25) is 0 Å². The molecule has 1 aromatic heterocycles. The lowest BCUT2D eigenvalue weighted by Crippen LogP contribution is -2.48. The predicted octanol–water partition coefficient (Wildman–Crippen LogP) is 3.58. The maximum atomic E-state index is 13.7. The van der Waals surface area contributed by atoms with Crippen LogP contribution in [0.25, 0.3) is 0 Å². The summed E-state index contributed by atoms with van der Waals surface area (Å²) in [4.78, 5) is 12.3. The van der Waals surface area contributed by atoms with Gasteiger partial charge in [-0.25, -0.2) is 9.07 Å². The molecule has 2 atom stereocenters. The van der Waals surface area contributed by atoms with E-state index in [1.807, 2.05) is 0 Å². The van der Waals surface area contributed by atoms with Crippen molar-refractivity contribution in [2.45, 2.75) is 39.7 Å². The van der Waals surface area contributed by atoms with Crippen LogP contribution in [0.1, 0.15) is 49.2 Å². The Hall–Kier alpha value is -2.50. The van der Waals surface area contributed by atoms with Crippen molar-refractivity contribution < 1.29 is 9.18 Å². The second-order valence-electron chi connectivity index (χ2n) is 8.22. The first kappa shape index (κ1) is 17.9. The first-order chi connectivity index (χ1) is 12.9. The van der Waals surface area contributed by atoms with Gasteiger partial charge in [0.15, 0.2) is 5.69 Å². The summed E-state index contributed by atoms with van der Waals surface area (Å²) in [5, 5.41) is 10.8. The van der Waals surface area contributed by atoms with Crippen LogP contribution >= 0.6 is 0 Å². The normalized spacial score (nSPS) is 22.7. The molecule has 0 saturated heterocycles. The van der Waals surface area contributed by atoms with Crippen molar-refractivity contribution in [1.82, 2.24) is 20.3 Å². The van der Waals surface area contributed by atoms with Crippen LogP contribution in [0.5, 0.6) is 0 Å². The number of allylic oxidation sites excluding steroid dienone is 1. The van der Waals surface area contributed by atoms with Crippen LogP contribution in [0.4, 0.5) is 4.39 Å². The van der Waals surface area contributed by atoms with Crippen molar-refractivity contribution >= 4 is 5.91 Å². The lowest BCUT2D eigenvalue weighted by atomic mass is 9.48. The van der Waals surface area contributed by atoms with E-state index in [0.29, 0.717) is 23.4 Å². The van der Waals surface area contributed by atoms with E-state index in [-0.39, 0.29) is 24.0 Å². The summed E-state index contributed by atoms with van der Waals surface area (Å²) in [5.74, 6) is 0.956. The number of rotatable bonds is 6. The SMILES string of the molecule is CC1(C)[C@H]2CC=C(CCNC(=O)c3cn(Cc4ccccc4F)nn3)[C@@H]1C2. The van der Waals surface area contributed by atoms with Crippen LogP contribution in [-0.2, 0) is 6.54 Å². The lowest BCUT2D eigenvalue weighted by Gasteiger charge is -2.56. The molecule has 1 N–H and O–H groups in total. The van der Waals surface area contributed by atoms with E-state index in [1.165, 1.54) is 22.7 Å². The van der Waals surface area contributed by atoms with E-state index < -0.39 is 0 Å². The topological polar surface area (TPSA) is 59.8 Å². The number of nitrogens with one attached hydrogen (secondary N) is 1. The monoisotopic (exact) mass is 368 g/mol. The summed E-state index contributed by atoms with van der Waals surface area (Å²) in [7, 11) is 0. The van der Waals surface area contributed by atoms with E-state index in [2.05, 4.69) is 35.6 Å². The number of fused-ring (bicyclic) bond motifs is 1. The molecule has 0 unspecified atom stereocenters. The van der Waals surface area contributed by atoms with E-state index in [1.54, 1.807) is 24.4 Å². The zero-order valence-electron chi connectivity index (χ0n) is 15.8. The van der Waals surface area contributed by atoms with Crippen LogP contribution in [0.15, 0.2) is 42.1 Å². The highest BCUT2D eigenvalue weighted by Gasteiger charge is 2.50. The number of benzene rings is 1.